The smallest absolute Gasteiger partial charge is 0.327 e. The normalized spacial score (nSPS) is 13.5. The quantitative estimate of drug-likeness (QED) is 0.144. The minimum Gasteiger partial charge on any atom is -0.352 e. The van der Waals surface area contributed by atoms with E-state index in [-0.39, 0.29) is 4.90 Å². The molecule has 36 heavy (non-hydrogen) atoms. The first-order chi connectivity index (χ1) is 17.1. The average Bonchev–Trinajstić information content (AvgIpc) is 3.25. The molecular formula is C23H30N6O4S3. The Morgan fingerprint density at radius 3 is 2.31 bits per heavy atom. The summed E-state index contributed by atoms with van der Waals surface area (Å²) in [5, 5.41) is 2.54. The topological polar surface area (TPSA) is 123 Å². The van der Waals surface area contributed by atoms with Gasteiger partial charge in [0.05, 0.1) is 10.6 Å². The Kier molecular flexibility index (Phi) is 9.93. The number of carbonyl (C=O) groups excluding carboxylic acids is 2. The number of amides is 2. The molecule has 3 rings (SSSR count). The van der Waals surface area contributed by atoms with Crippen LogP contribution in [0.1, 0.15) is 12.0 Å². The van der Waals surface area contributed by atoms with Gasteiger partial charge in [-0.2, -0.15) is 0 Å². The minimum atomic E-state index is -3.77. The second-order valence-corrected chi connectivity index (χ2v) is 11.8. The molecule has 4 N–H and O–H groups in total. The molecule has 0 atom stereocenters. The first-order valence-corrected chi connectivity index (χ1v) is 14.1. The predicted octanol–water partition coefficient (Wildman–Crippen LogP) is 1.83. The Labute approximate surface area is 221 Å². The summed E-state index contributed by atoms with van der Waals surface area (Å²) in [5.74, 6) is -0.584. The molecule has 1 saturated heterocycles. The molecule has 2 aromatic rings. The lowest BCUT2D eigenvalue weighted by Crippen LogP contribution is -2.43. The molecule has 13 heteroatoms. The average molecular weight is 551 g/mol. The Balaban J connectivity index is 1.48. The number of nitrogens with one attached hydrogen (secondary N) is 4. The zero-order chi connectivity index (χ0) is 26.1. The molecule has 194 valence electrons. The third-order valence-corrected chi connectivity index (χ3v) is 8.08. The number of hydrogen-bond donors (Lipinski definition) is 4. The number of sulfonamides is 1. The van der Waals surface area contributed by atoms with Gasteiger partial charge in [0.2, 0.25) is 0 Å². The molecular weight excluding hydrogens is 520 g/mol. The van der Waals surface area contributed by atoms with E-state index in [0.717, 1.165) is 35.1 Å². The van der Waals surface area contributed by atoms with E-state index in [9.17, 15) is 18.0 Å². The summed E-state index contributed by atoms with van der Waals surface area (Å²) in [6, 6.07) is 13.0. The van der Waals surface area contributed by atoms with Gasteiger partial charge in [-0.1, -0.05) is 36.1 Å². The van der Waals surface area contributed by atoms with Gasteiger partial charge < -0.3 is 15.1 Å². The number of hydrogen-bond acceptors (Lipinski definition) is 8. The molecule has 1 aliphatic heterocycles. The van der Waals surface area contributed by atoms with Crippen LogP contribution in [0, 0.1) is 0 Å². The molecule has 1 aliphatic rings. The van der Waals surface area contributed by atoms with Crippen LogP contribution in [-0.2, 0) is 26.2 Å². The SMILES string of the molecule is CN(C)CCCNC(=O)C(=O)NNc1ccc(NS(=O)(=O)c2ccc(CN3CCSC3=S)cc2)cc1. The molecule has 10 nitrogen and oxygen atoms in total. The standard InChI is InChI=1S/C23H30N6O4S3/c1-28(2)13-3-12-24-21(30)22(31)26-25-18-6-8-19(9-7-18)27-36(32,33)20-10-4-17(5-11-20)16-29-14-15-35-23(29)34/h4-11,25,27H,3,12-16H2,1-2H3,(H,24,30)(H,26,31). The van der Waals surface area contributed by atoms with Crippen LogP contribution >= 0.6 is 24.0 Å². The summed E-state index contributed by atoms with van der Waals surface area (Å²) >= 11 is 6.96. The van der Waals surface area contributed by atoms with Crippen molar-refractivity contribution >= 4 is 61.5 Å². The van der Waals surface area contributed by atoms with Crippen molar-refractivity contribution in [3.05, 3.63) is 54.1 Å². The third-order valence-electron chi connectivity index (χ3n) is 5.18. The molecule has 0 bridgehead atoms. The highest BCUT2D eigenvalue weighted by molar-refractivity contribution is 8.23. The minimum absolute atomic E-state index is 0.149. The van der Waals surface area contributed by atoms with Gasteiger partial charge in [-0.05, 0) is 69.0 Å². The molecule has 1 heterocycles. The van der Waals surface area contributed by atoms with Crippen LogP contribution in [0.2, 0.25) is 0 Å². The Morgan fingerprint density at radius 2 is 1.69 bits per heavy atom. The number of benzene rings is 2. The number of anilines is 2. The van der Waals surface area contributed by atoms with Crippen molar-refractivity contribution in [1.29, 1.82) is 0 Å². The summed E-state index contributed by atoms with van der Waals surface area (Å²) in [4.78, 5) is 27.9. The van der Waals surface area contributed by atoms with Gasteiger partial charge in [0.1, 0.15) is 4.32 Å². The van der Waals surface area contributed by atoms with E-state index in [2.05, 4.69) is 25.8 Å². The van der Waals surface area contributed by atoms with Crippen LogP contribution in [-0.4, -0.2) is 73.8 Å². The first kappa shape index (κ1) is 27.7. The van der Waals surface area contributed by atoms with Crippen molar-refractivity contribution < 1.29 is 18.0 Å². The van der Waals surface area contributed by atoms with Crippen LogP contribution < -0.4 is 20.9 Å². The van der Waals surface area contributed by atoms with Gasteiger partial charge in [0, 0.05) is 31.1 Å². The fourth-order valence-corrected chi connectivity index (χ4v) is 5.55. The van der Waals surface area contributed by atoms with Crippen molar-refractivity contribution in [3.63, 3.8) is 0 Å². The molecule has 0 spiro atoms. The van der Waals surface area contributed by atoms with Gasteiger partial charge in [-0.3, -0.25) is 25.2 Å². The van der Waals surface area contributed by atoms with Crippen LogP contribution in [0.25, 0.3) is 0 Å². The van der Waals surface area contributed by atoms with E-state index in [1.807, 2.05) is 19.0 Å². The van der Waals surface area contributed by atoms with Crippen molar-refractivity contribution in [3.8, 4) is 0 Å². The number of thioether (sulfide) groups is 1. The lowest BCUT2D eigenvalue weighted by atomic mass is 10.2. The van der Waals surface area contributed by atoms with E-state index in [1.54, 1.807) is 60.3 Å². The van der Waals surface area contributed by atoms with E-state index < -0.39 is 21.8 Å². The van der Waals surface area contributed by atoms with E-state index in [4.69, 9.17) is 12.2 Å². The van der Waals surface area contributed by atoms with Crippen LogP contribution in [0.15, 0.2) is 53.4 Å². The lowest BCUT2D eigenvalue weighted by molar-refractivity contribution is -0.138. The molecule has 0 unspecified atom stereocenters. The highest BCUT2D eigenvalue weighted by Gasteiger charge is 2.19. The van der Waals surface area contributed by atoms with Gasteiger partial charge in [0.15, 0.2) is 0 Å². The first-order valence-electron chi connectivity index (χ1n) is 11.3. The number of rotatable bonds is 11. The lowest BCUT2D eigenvalue weighted by Gasteiger charge is -2.17. The van der Waals surface area contributed by atoms with E-state index >= 15 is 0 Å². The Bertz CT molecular complexity index is 1170. The summed E-state index contributed by atoms with van der Waals surface area (Å²) < 4.78 is 28.9. The fraction of sp³-hybridized carbons (Fsp3) is 0.348. The monoisotopic (exact) mass is 550 g/mol. The maximum absolute atomic E-state index is 12.8. The second kappa shape index (κ2) is 12.9. The Hall–Kier alpha value is -2.87. The maximum Gasteiger partial charge on any atom is 0.327 e. The van der Waals surface area contributed by atoms with Crippen molar-refractivity contribution in [2.75, 3.05) is 49.6 Å². The number of thiocarbonyl (C=S) groups is 1. The van der Waals surface area contributed by atoms with Gasteiger partial charge in [-0.15, -0.1) is 0 Å². The summed E-state index contributed by atoms with van der Waals surface area (Å²) in [5.41, 5.74) is 6.77. The summed E-state index contributed by atoms with van der Waals surface area (Å²) in [7, 11) is 0.0833. The highest BCUT2D eigenvalue weighted by Crippen LogP contribution is 2.22. The summed E-state index contributed by atoms with van der Waals surface area (Å²) in [6.07, 6.45) is 0.730. The molecule has 0 aromatic heterocycles. The molecule has 0 radical (unpaired) electrons. The van der Waals surface area contributed by atoms with Crippen molar-refractivity contribution in [2.24, 2.45) is 0 Å². The Morgan fingerprint density at radius 1 is 1.03 bits per heavy atom. The summed E-state index contributed by atoms with van der Waals surface area (Å²) in [6.45, 7) is 2.75. The fourth-order valence-electron chi connectivity index (χ4n) is 3.26. The largest absolute Gasteiger partial charge is 0.352 e. The molecule has 1 fully saturated rings. The van der Waals surface area contributed by atoms with Crippen molar-refractivity contribution in [2.45, 2.75) is 17.9 Å². The number of hydrazine groups is 1. The second-order valence-electron chi connectivity index (χ2n) is 8.35. The van der Waals surface area contributed by atoms with Gasteiger partial charge in [-0.25, -0.2) is 8.42 Å². The van der Waals surface area contributed by atoms with Crippen LogP contribution in [0.3, 0.4) is 0 Å². The molecule has 2 amide bonds. The maximum atomic E-state index is 12.8. The van der Waals surface area contributed by atoms with Gasteiger partial charge >= 0.3 is 11.8 Å². The number of nitrogens with zero attached hydrogens (tertiary/aromatic N) is 2. The van der Waals surface area contributed by atoms with E-state index in [1.165, 1.54) is 0 Å². The zero-order valence-electron chi connectivity index (χ0n) is 20.1. The van der Waals surface area contributed by atoms with Crippen LogP contribution in [0.5, 0.6) is 0 Å². The van der Waals surface area contributed by atoms with Crippen molar-refractivity contribution in [1.82, 2.24) is 20.5 Å². The number of carbonyl (C=O) groups is 2. The van der Waals surface area contributed by atoms with E-state index in [0.29, 0.717) is 24.5 Å². The molecule has 2 aromatic carbocycles. The molecule has 0 saturated carbocycles. The van der Waals surface area contributed by atoms with Gasteiger partial charge in [0.25, 0.3) is 10.0 Å². The van der Waals surface area contributed by atoms with Crippen LogP contribution in [0.4, 0.5) is 11.4 Å². The zero-order valence-corrected chi connectivity index (χ0v) is 22.6. The third kappa shape index (κ3) is 8.36. The molecule has 0 aliphatic carbocycles. The highest BCUT2D eigenvalue weighted by atomic mass is 32.2. The predicted molar refractivity (Wildman–Crippen MR) is 147 cm³/mol.